The highest BCUT2D eigenvalue weighted by Crippen LogP contribution is 2.25. The van der Waals surface area contributed by atoms with Gasteiger partial charge < -0.3 is 14.2 Å². The van der Waals surface area contributed by atoms with Crippen LogP contribution in [0, 0.1) is 5.92 Å². The van der Waals surface area contributed by atoms with Crippen LogP contribution in [0.15, 0.2) is 12.1 Å². The van der Waals surface area contributed by atoms with Crippen LogP contribution in [0.4, 0.5) is 0 Å². The van der Waals surface area contributed by atoms with Crippen LogP contribution in [0.3, 0.4) is 0 Å². The van der Waals surface area contributed by atoms with Gasteiger partial charge in [-0.15, -0.1) is 0 Å². The van der Waals surface area contributed by atoms with Gasteiger partial charge in [0, 0.05) is 41.0 Å². The SMILES string of the molecule is CCN(CC)CCn1c2c(c3cc(C(C)=O)c(OC)cc31)=CC(C(C)=O)CC=2. The highest BCUT2D eigenvalue weighted by Gasteiger charge is 2.20. The van der Waals surface area contributed by atoms with E-state index in [1.54, 1.807) is 21.0 Å². The molecule has 1 aromatic heterocycles. The molecule has 28 heavy (non-hydrogen) atoms. The molecule has 0 spiro atoms. The summed E-state index contributed by atoms with van der Waals surface area (Å²) < 4.78 is 7.82. The summed E-state index contributed by atoms with van der Waals surface area (Å²) in [6, 6.07) is 3.90. The van der Waals surface area contributed by atoms with Gasteiger partial charge in [-0.3, -0.25) is 9.59 Å². The van der Waals surface area contributed by atoms with Gasteiger partial charge in [-0.2, -0.15) is 0 Å². The zero-order valence-electron chi connectivity index (χ0n) is 17.5. The maximum Gasteiger partial charge on any atom is 0.163 e. The van der Waals surface area contributed by atoms with E-state index in [0.29, 0.717) is 11.3 Å². The van der Waals surface area contributed by atoms with Crippen molar-refractivity contribution in [1.82, 2.24) is 9.47 Å². The second-order valence-corrected chi connectivity index (χ2v) is 7.43. The Labute approximate surface area is 166 Å². The highest BCUT2D eigenvalue weighted by molar-refractivity contribution is 6.01. The Morgan fingerprint density at radius 1 is 1.21 bits per heavy atom. The zero-order chi connectivity index (χ0) is 20.4. The van der Waals surface area contributed by atoms with Crippen LogP contribution in [0.5, 0.6) is 5.75 Å². The largest absolute Gasteiger partial charge is 0.496 e. The standard InChI is InChI=1S/C23H30N2O3/c1-6-24(7-2)10-11-25-21-9-8-17(15(3)26)12-19(21)20-13-18(16(4)27)23(28-5)14-22(20)25/h9,12-14,17H,6-8,10-11H2,1-5H3. The van der Waals surface area contributed by atoms with E-state index in [9.17, 15) is 9.59 Å². The number of ether oxygens (including phenoxy) is 1. The highest BCUT2D eigenvalue weighted by atomic mass is 16.5. The van der Waals surface area contributed by atoms with Crippen molar-refractivity contribution in [3.63, 3.8) is 0 Å². The lowest BCUT2D eigenvalue weighted by Gasteiger charge is -2.19. The Bertz CT molecular complexity index is 1030. The molecule has 1 aliphatic carbocycles. The molecule has 5 nitrogen and oxygen atoms in total. The average molecular weight is 383 g/mol. The van der Waals surface area contributed by atoms with Crippen LogP contribution < -0.4 is 15.3 Å². The van der Waals surface area contributed by atoms with Gasteiger partial charge in [-0.1, -0.05) is 26.0 Å². The molecule has 1 unspecified atom stereocenters. The first kappa shape index (κ1) is 20.3. The summed E-state index contributed by atoms with van der Waals surface area (Å²) >= 11 is 0. The summed E-state index contributed by atoms with van der Waals surface area (Å²) in [6.07, 6.45) is 4.97. The normalized spacial score (nSPS) is 15.9. The number of methoxy groups -OCH3 is 1. The third-order valence-electron chi connectivity index (χ3n) is 5.83. The Balaban J connectivity index is 2.26. The molecule has 0 aliphatic heterocycles. The number of benzene rings is 1. The molecule has 0 saturated heterocycles. The minimum absolute atomic E-state index is 0.0219. The summed E-state index contributed by atoms with van der Waals surface area (Å²) in [5.41, 5.74) is 1.63. The van der Waals surface area contributed by atoms with Crippen molar-refractivity contribution in [1.29, 1.82) is 0 Å². The van der Waals surface area contributed by atoms with Gasteiger partial charge in [0.15, 0.2) is 5.78 Å². The molecule has 5 heteroatoms. The van der Waals surface area contributed by atoms with Crippen molar-refractivity contribution in [2.24, 2.45) is 5.92 Å². The number of aromatic nitrogens is 1. The molecular formula is C23H30N2O3. The smallest absolute Gasteiger partial charge is 0.163 e. The van der Waals surface area contributed by atoms with Gasteiger partial charge in [-0.25, -0.2) is 0 Å². The predicted molar refractivity (Wildman–Crippen MR) is 113 cm³/mol. The van der Waals surface area contributed by atoms with Crippen LogP contribution in [-0.4, -0.2) is 47.8 Å². The molecular weight excluding hydrogens is 352 g/mol. The van der Waals surface area contributed by atoms with Crippen LogP contribution in [0.1, 0.15) is 44.5 Å². The van der Waals surface area contributed by atoms with E-state index < -0.39 is 0 Å². The minimum Gasteiger partial charge on any atom is -0.496 e. The van der Waals surface area contributed by atoms with E-state index in [4.69, 9.17) is 4.74 Å². The number of carbonyl (C=O) groups is 2. The predicted octanol–water partition coefficient (Wildman–Crippen LogP) is 2.36. The first-order valence-electron chi connectivity index (χ1n) is 10.1. The molecule has 0 saturated carbocycles. The van der Waals surface area contributed by atoms with Crippen LogP contribution in [0.2, 0.25) is 0 Å². The van der Waals surface area contributed by atoms with Crippen molar-refractivity contribution >= 4 is 34.6 Å². The molecule has 1 heterocycles. The number of likely N-dealkylation sites (N-methyl/N-ethyl adjacent to an activating group) is 1. The third kappa shape index (κ3) is 3.63. The number of fused-ring (bicyclic) bond motifs is 3. The van der Waals surface area contributed by atoms with Gasteiger partial charge >= 0.3 is 0 Å². The van der Waals surface area contributed by atoms with E-state index in [2.05, 4.69) is 35.5 Å². The van der Waals surface area contributed by atoms with Gasteiger partial charge in [0.1, 0.15) is 11.5 Å². The molecule has 0 bridgehead atoms. The Morgan fingerprint density at radius 3 is 2.50 bits per heavy atom. The van der Waals surface area contributed by atoms with Crippen LogP contribution in [-0.2, 0) is 11.3 Å². The number of carbonyl (C=O) groups excluding carboxylic acids is 2. The van der Waals surface area contributed by atoms with Crippen molar-refractivity contribution in [3.8, 4) is 5.75 Å². The fourth-order valence-electron chi connectivity index (χ4n) is 4.07. The number of rotatable bonds is 8. The van der Waals surface area contributed by atoms with Crippen LogP contribution >= 0.6 is 0 Å². The van der Waals surface area contributed by atoms with E-state index in [0.717, 1.165) is 54.1 Å². The minimum atomic E-state index is -0.0998. The molecule has 3 rings (SSSR count). The van der Waals surface area contributed by atoms with Crippen molar-refractivity contribution < 1.29 is 14.3 Å². The number of hydrogen-bond acceptors (Lipinski definition) is 4. The maximum atomic E-state index is 12.1. The third-order valence-corrected chi connectivity index (χ3v) is 5.83. The fourth-order valence-corrected chi connectivity index (χ4v) is 4.07. The maximum absolute atomic E-state index is 12.1. The Hall–Kier alpha value is -2.40. The first-order valence-corrected chi connectivity index (χ1v) is 10.1. The van der Waals surface area contributed by atoms with Crippen molar-refractivity contribution in [2.45, 2.75) is 40.7 Å². The van der Waals surface area contributed by atoms with Gasteiger partial charge in [0.2, 0.25) is 0 Å². The Kier molecular flexibility index (Phi) is 6.04. The molecule has 2 aromatic rings. The second kappa shape index (κ2) is 8.31. The van der Waals surface area contributed by atoms with Gasteiger partial charge in [0.05, 0.1) is 18.2 Å². The summed E-state index contributed by atoms with van der Waals surface area (Å²) in [7, 11) is 1.60. The molecule has 0 amide bonds. The molecule has 1 aromatic carbocycles. The van der Waals surface area contributed by atoms with Crippen molar-refractivity contribution in [3.05, 3.63) is 28.3 Å². The average Bonchev–Trinajstić information content (AvgIpc) is 2.99. The number of ketones is 2. The van der Waals surface area contributed by atoms with E-state index in [1.165, 1.54) is 0 Å². The van der Waals surface area contributed by atoms with Gasteiger partial charge in [-0.05, 0) is 39.4 Å². The quantitative estimate of drug-likeness (QED) is 0.658. The molecule has 150 valence electrons. The van der Waals surface area contributed by atoms with E-state index in [1.807, 2.05) is 12.1 Å². The summed E-state index contributed by atoms with van der Waals surface area (Å²) in [4.78, 5) is 26.5. The zero-order valence-corrected chi connectivity index (χ0v) is 17.5. The van der Waals surface area contributed by atoms with Gasteiger partial charge in [0.25, 0.3) is 0 Å². The number of hydrogen-bond donors (Lipinski definition) is 0. The molecule has 0 fully saturated rings. The summed E-state index contributed by atoms with van der Waals surface area (Å²) in [6.45, 7) is 11.4. The monoisotopic (exact) mass is 382 g/mol. The van der Waals surface area contributed by atoms with Crippen LogP contribution in [0.25, 0.3) is 23.1 Å². The lowest BCUT2D eigenvalue weighted by Crippen LogP contribution is -2.36. The topological polar surface area (TPSA) is 51.5 Å². The summed E-state index contributed by atoms with van der Waals surface area (Å²) in [5.74, 6) is 0.650. The lowest BCUT2D eigenvalue weighted by molar-refractivity contribution is -0.118. The Morgan fingerprint density at radius 2 is 1.93 bits per heavy atom. The summed E-state index contributed by atoms with van der Waals surface area (Å²) in [5, 5.41) is 3.22. The fraction of sp³-hybridized carbons (Fsp3) is 0.478. The first-order chi connectivity index (χ1) is 13.4. The molecule has 1 atom stereocenters. The lowest BCUT2D eigenvalue weighted by atomic mass is 9.95. The molecule has 0 radical (unpaired) electrons. The number of Topliss-reactive ketones (excluding diaryl/α,β-unsaturated/α-hetero) is 2. The second-order valence-electron chi connectivity index (χ2n) is 7.43. The van der Waals surface area contributed by atoms with E-state index >= 15 is 0 Å². The van der Waals surface area contributed by atoms with E-state index in [-0.39, 0.29) is 17.5 Å². The molecule has 0 N–H and O–H groups in total. The number of nitrogens with zero attached hydrogens (tertiary/aromatic N) is 2. The molecule has 1 aliphatic rings. The van der Waals surface area contributed by atoms with Crippen molar-refractivity contribution in [2.75, 3.05) is 26.7 Å².